The van der Waals surface area contributed by atoms with E-state index in [1.54, 1.807) is 32.0 Å². The number of benzene rings is 2. The van der Waals surface area contributed by atoms with E-state index in [2.05, 4.69) is 6.92 Å². The molecule has 1 heterocycles. The van der Waals surface area contributed by atoms with Crippen molar-refractivity contribution in [1.82, 2.24) is 9.55 Å². The van der Waals surface area contributed by atoms with Gasteiger partial charge in [-0.25, -0.2) is 4.98 Å². The smallest absolute Gasteiger partial charge is 0.170 e. The molecule has 2 aromatic carbocycles. The lowest BCUT2D eigenvalue weighted by molar-refractivity contribution is 0.355. The molecule has 0 aliphatic rings. The molecule has 26 heavy (non-hydrogen) atoms. The van der Waals surface area contributed by atoms with Gasteiger partial charge in [-0.3, -0.25) is 5.41 Å². The van der Waals surface area contributed by atoms with Gasteiger partial charge in [0.05, 0.1) is 26.3 Å². The van der Waals surface area contributed by atoms with E-state index in [1.165, 1.54) is 0 Å². The van der Waals surface area contributed by atoms with E-state index in [-0.39, 0.29) is 0 Å². The predicted octanol–water partition coefficient (Wildman–Crippen LogP) is 4.35. The highest BCUT2D eigenvalue weighted by molar-refractivity contribution is 7.99. The molecule has 7 heteroatoms. The van der Waals surface area contributed by atoms with E-state index in [1.807, 2.05) is 34.9 Å². The maximum Gasteiger partial charge on any atom is 0.170 e. The number of rotatable bonds is 6. The van der Waals surface area contributed by atoms with Gasteiger partial charge in [-0.1, -0.05) is 48.5 Å². The van der Waals surface area contributed by atoms with Gasteiger partial charge in [-0.2, -0.15) is 0 Å². The van der Waals surface area contributed by atoms with Gasteiger partial charge in [0.2, 0.25) is 0 Å². The molecule has 0 spiro atoms. The van der Waals surface area contributed by atoms with Crippen LogP contribution < -0.4 is 15.0 Å². The normalized spacial score (nSPS) is 10.9. The molecule has 0 atom stereocenters. The lowest BCUT2D eigenvalue weighted by atomic mass is 10.2. The minimum absolute atomic E-state index is 0.367. The zero-order valence-corrected chi connectivity index (χ0v) is 16.4. The minimum atomic E-state index is 0.367. The van der Waals surface area contributed by atoms with Crippen LogP contribution in [-0.2, 0) is 6.54 Å². The van der Waals surface area contributed by atoms with Crippen molar-refractivity contribution in [2.75, 3.05) is 20.0 Å². The lowest BCUT2D eigenvalue weighted by Crippen LogP contribution is -2.24. The molecule has 136 valence electrons. The van der Waals surface area contributed by atoms with E-state index in [9.17, 15) is 0 Å². The summed E-state index contributed by atoms with van der Waals surface area (Å²) in [6.45, 7) is 2.55. The number of nitrogens with one attached hydrogen (secondary N) is 1. The first-order valence-corrected chi connectivity index (χ1v) is 9.52. The van der Waals surface area contributed by atoms with E-state index in [0.29, 0.717) is 39.5 Å². The number of nitrogens with zero attached hydrogens (tertiary/aromatic N) is 2. The van der Waals surface area contributed by atoms with Crippen LogP contribution in [0.2, 0.25) is 5.02 Å². The number of fused-ring (bicyclic) bond motifs is 1. The molecule has 0 amide bonds. The second-order valence-electron chi connectivity index (χ2n) is 5.58. The molecule has 0 saturated carbocycles. The summed E-state index contributed by atoms with van der Waals surface area (Å²) in [4.78, 5) is 4.76. The molecule has 0 radical (unpaired) electrons. The minimum Gasteiger partial charge on any atom is -0.493 e. The summed E-state index contributed by atoms with van der Waals surface area (Å²) in [5, 5.41) is 10.9. The third-order valence-corrected chi connectivity index (χ3v) is 5.26. The Morgan fingerprint density at radius 3 is 2.50 bits per heavy atom. The van der Waals surface area contributed by atoms with Crippen molar-refractivity contribution in [3.05, 3.63) is 52.5 Å². The van der Waals surface area contributed by atoms with Crippen molar-refractivity contribution >= 4 is 34.3 Å². The van der Waals surface area contributed by atoms with E-state index in [0.717, 1.165) is 16.5 Å². The molecule has 1 N–H and O–H groups in total. The van der Waals surface area contributed by atoms with Gasteiger partial charge < -0.3 is 14.0 Å². The maximum absolute atomic E-state index is 8.75. The second kappa shape index (κ2) is 8.01. The largest absolute Gasteiger partial charge is 0.493 e. The number of hydrogen-bond acceptors (Lipinski definition) is 5. The van der Waals surface area contributed by atoms with Crippen LogP contribution in [-0.4, -0.2) is 29.5 Å². The summed E-state index contributed by atoms with van der Waals surface area (Å²) in [7, 11) is 3.17. The molecule has 0 bridgehead atoms. The summed E-state index contributed by atoms with van der Waals surface area (Å²) in [5.41, 5.74) is 2.03. The summed E-state index contributed by atoms with van der Waals surface area (Å²) in [5.74, 6) is 2.03. The summed E-state index contributed by atoms with van der Waals surface area (Å²) in [6, 6.07) is 11.3. The van der Waals surface area contributed by atoms with Gasteiger partial charge in [0.1, 0.15) is 5.49 Å². The maximum atomic E-state index is 8.75. The van der Waals surface area contributed by atoms with Crippen molar-refractivity contribution in [1.29, 1.82) is 5.41 Å². The van der Waals surface area contributed by atoms with Crippen molar-refractivity contribution in [3.63, 3.8) is 0 Å². The number of aromatic nitrogens is 2. The number of thioether (sulfide) groups is 1. The lowest BCUT2D eigenvalue weighted by Gasteiger charge is -2.16. The first kappa shape index (κ1) is 18.6. The summed E-state index contributed by atoms with van der Waals surface area (Å²) < 4.78 is 12.6. The van der Waals surface area contributed by atoms with E-state index >= 15 is 0 Å². The average Bonchev–Trinajstić information content (AvgIpc) is 2.65. The molecule has 0 unspecified atom stereocenters. The summed E-state index contributed by atoms with van der Waals surface area (Å²) >= 11 is 7.92. The van der Waals surface area contributed by atoms with Crippen LogP contribution in [0, 0.1) is 5.41 Å². The van der Waals surface area contributed by atoms with Crippen LogP contribution in [0.15, 0.2) is 41.6 Å². The van der Waals surface area contributed by atoms with E-state index < -0.39 is 0 Å². The molecule has 1 aromatic heterocycles. The Morgan fingerprint density at radius 1 is 1.15 bits per heavy atom. The Kier molecular flexibility index (Phi) is 5.74. The van der Waals surface area contributed by atoms with E-state index in [4.69, 9.17) is 31.5 Å². The van der Waals surface area contributed by atoms with Gasteiger partial charge in [0.15, 0.2) is 16.7 Å². The molecule has 3 aromatic rings. The summed E-state index contributed by atoms with van der Waals surface area (Å²) in [6.07, 6.45) is 0. The zero-order valence-electron chi connectivity index (χ0n) is 14.9. The number of halogens is 1. The number of methoxy groups -OCH3 is 2. The van der Waals surface area contributed by atoms with Gasteiger partial charge in [0.25, 0.3) is 0 Å². The highest BCUT2D eigenvalue weighted by Crippen LogP contribution is 2.31. The van der Waals surface area contributed by atoms with Gasteiger partial charge in [0, 0.05) is 16.5 Å². The van der Waals surface area contributed by atoms with Gasteiger partial charge in [-0.05, 0) is 23.4 Å². The Hall–Kier alpha value is -2.18. The molecule has 5 nitrogen and oxygen atoms in total. The first-order chi connectivity index (χ1) is 12.6. The van der Waals surface area contributed by atoms with Crippen LogP contribution in [0.25, 0.3) is 10.9 Å². The fourth-order valence-electron chi connectivity index (χ4n) is 2.74. The third-order valence-electron chi connectivity index (χ3n) is 4.03. The highest BCUT2D eigenvalue weighted by Gasteiger charge is 2.14. The average molecular weight is 390 g/mol. The molecule has 3 rings (SSSR count). The Morgan fingerprint density at radius 2 is 1.85 bits per heavy atom. The van der Waals surface area contributed by atoms with Crippen LogP contribution >= 0.6 is 23.4 Å². The Balaban J connectivity index is 2.23. The fourth-order valence-corrected chi connectivity index (χ4v) is 3.67. The van der Waals surface area contributed by atoms with Crippen molar-refractivity contribution in [2.45, 2.75) is 18.6 Å². The Labute approximate surface area is 161 Å². The third kappa shape index (κ3) is 3.52. The molecule has 0 aliphatic carbocycles. The van der Waals surface area contributed by atoms with Gasteiger partial charge in [-0.15, -0.1) is 0 Å². The fraction of sp³-hybridized carbons (Fsp3) is 0.263. The van der Waals surface area contributed by atoms with Crippen molar-refractivity contribution in [2.24, 2.45) is 0 Å². The van der Waals surface area contributed by atoms with Crippen LogP contribution in [0.4, 0.5) is 0 Å². The Bertz CT molecular complexity index is 1000. The molecule has 0 aliphatic heterocycles. The first-order valence-electron chi connectivity index (χ1n) is 8.16. The predicted molar refractivity (Wildman–Crippen MR) is 106 cm³/mol. The monoisotopic (exact) mass is 389 g/mol. The highest BCUT2D eigenvalue weighted by atomic mass is 35.5. The quantitative estimate of drug-likeness (QED) is 0.503. The van der Waals surface area contributed by atoms with Crippen molar-refractivity contribution in [3.8, 4) is 11.5 Å². The second-order valence-corrected chi connectivity index (χ2v) is 7.22. The standard InChI is InChI=1S/C19H20ClN3O2S/c1-4-26-19-22-15-10-17(25-3)16(24-2)9-13(15)18(21)23(19)11-12-7-5-6-8-14(12)20/h5-10,21H,4,11H2,1-3H3. The van der Waals surface area contributed by atoms with Crippen LogP contribution in [0.3, 0.4) is 0 Å². The molecule has 0 saturated heterocycles. The molecular formula is C19H20ClN3O2S. The number of hydrogen-bond donors (Lipinski definition) is 1. The zero-order chi connectivity index (χ0) is 18.7. The van der Waals surface area contributed by atoms with Crippen LogP contribution in [0.5, 0.6) is 11.5 Å². The number of ether oxygens (including phenoxy) is 2. The SMILES string of the molecule is CCSc1nc2cc(OC)c(OC)cc2c(=N)n1Cc1ccccc1Cl. The molecular weight excluding hydrogens is 370 g/mol. The van der Waals surface area contributed by atoms with Gasteiger partial charge >= 0.3 is 0 Å². The molecule has 0 fully saturated rings. The van der Waals surface area contributed by atoms with Crippen LogP contribution in [0.1, 0.15) is 12.5 Å². The van der Waals surface area contributed by atoms with Crippen molar-refractivity contribution < 1.29 is 9.47 Å². The topological polar surface area (TPSA) is 60.1 Å².